The first-order valence-electron chi connectivity index (χ1n) is 11.2. The first kappa shape index (κ1) is 24.0. The van der Waals surface area contributed by atoms with Gasteiger partial charge in [0.25, 0.3) is 11.8 Å². The summed E-state index contributed by atoms with van der Waals surface area (Å²) in [5, 5.41) is 7.85. The highest BCUT2D eigenvalue weighted by atomic mass is 32.1. The summed E-state index contributed by atoms with van der Waals surface area (Å²) in [5.41, 5.74) is -0.672. The maximum atomic E-state index is 13.5. The Morgan fingerprint density at radius 1 is 1.28 bits per heavy atom. The number of hydrogen-bond donors (Lipinski definition) is 2. The van der Waals surface area contributed by atoms with Gasteiger partial charge >= 0.3 is 0 Å². The number of nitrogens with zero attached hydrogens (tertiary/aromatic N) is 3. The van der Waals surface area contributed by atoms with Crippen LogP contribution < -0.4 is 10.6 Å². The van der Waals surface area contributed by atoms with E-state index in [2.05, 4.69) is 29.5 Å². The number of fused-ring (bicyclic) bond motifs is 1. The Bertz CT molecular complexity index is 953. The molecule has 0 fully saturated rings. The molecule has 0 aliphatic carbocycles. The molecular weight excluding hydrogens is 426 g/mol. The van der Waals surface area contributed by atoms with Crippen LogP contribution in [0.5, 0.6) is 0 Å². The smallest absolute Gasteiger partial charge is 0.273 e. The van der Waals surface area contributed by atoms with E-state index in [-0.39, 0.29) is 35.7 Å². The molecule has 0 bridgehead atoms. The summed E-state index contributed by atoms with van der Waals surface area (Å²) in [7, 11) is 0. The Balaban J connectivity index is 1.77. The molecule has 2 N–H and O–H groups in total. The number of aromatic nitrogens is 2. The standard InChI is InChI=1S/C23H33N5O3S/c1-5-12-28-21(30)19-18(20(29)24-11-9-17-7-6-13-32-17)26-15-27(19)14-23(28,4)22(31)25-10-8-16(2)3/h6-7,13,15-16H,5,8-12,14H2,1-4H3,(H,24,29)(H,25,31)/t23-/m0/s1. The topological polar surface area (TPSA) is 96.3 Å². The molecule has 3 amide bonds. The van der Waals surface area contributed by atoms with E-state index in [0.29, 0.717) is 32.0 Å². The molecule has 32 heavy (non-hydrogen) atoms. The number of carbonyl (C=O) groups excluding carboxylic acids is 3. The summed E-state index contributed by atoms with van der Waals surface area (Å²) in [6.45, 7) is 9.68. The highest BCUT2D eigenvalue weighted by Crippen LogP contribution is 2.29. The molecule has 0 aromatic carbocycles. The first-order valence-corrected chi connectivity index (χ1v) is 12.1. The summed E-state index contributed by atoms with van der Waals surface area (Å²) < 4.78 is 1.64. The molecule has 2 aromatic heterocycles. The molecule has 3 heterocycles. The van der Waals surface area contributed by atoms with Crippen molar-refractivity contribution in [1.82, 2.24) is 25.1 Å². The van der Waals surface area contributed by atoms with Gasteiger partial charge in [-0.2, -0.15) is 0 Å². The molecule has 0 unspecified atom stereocenters. The number of imidazole rings is 1. The SMILES string of the molecule is CCCN1C(=O)c2c(C(=O)NCCc3cccs3)ncn2C[C@@]1(C)C(=O)NCCC(C)C. The van der Waals surface area contributed by atoms with Gasteiger partial charge in [-0.25, -0.2) is 4.98 Å². The predicted molar refractivity (Wildman–Crippen MR) is 125 cm³/mol. The fourth-order valence-corrected chi connectivity index (χ4v) is 4.64. The fraction of sp³-hybridized carbons (Fsp3) is 0.565. The van der Waals surface area contributed by atoms with Crippen LogP contribution in [0.1, 0.15) is 66.4 Å². The first-order chi connectivity index (χ1) is 15.3. The molecule has 0 saturated carbocycles. The van der Waals surface area contributed by atoms with Gasteiger partial charge in [-0.05, 0) is 43.6 Å². The van der Waals surface area contributed by atoms with Crippen LogP contribution in [0.4, 0.5) is 0 Å². The maximum Gasteiger partial charge on any atom is 0.273 e. The lowest BCUT2D eigenvalue weighted by molar-refractivity contribution is -0.132. The van der Waals surface area contributed by atoms with Crippen LogP contribution in [0, 0.1) is 5.92 Å². The average molecular weight is 460 g/mol. The van der Waals surface area contributed by atoms with E-state index in [9.17, 15) is 14.4 Å². The van der Waals surface area contributed by atoms with Gasteiger partial charge in [0.1, 0.15) is 11.2 Å². The number of amides is 3. The van der Waals surface area contributed by atoms with Crippen molar-refractivity contribution in [1.29, 1.82) is 0 Å². The highest BCUT2D eigenvalue weighted by molar-refractivity contribution is 7.09. The third-order valence-corrected chi connectivity index (χ3v) is 6.69. The average Bonchev–Trinajstić information content (AvgIpc) is 3.40. The van der Waals surface area contributed by atoms with Gasteiger partial charge in [-0.15, -0.1) is 11.3 Å². The molecule has 0 saturated heterocycles. The molecule has 3 rings (SSSR count). The monoisotopic (exact) mass is 459 g/mol. The molecule has 2 aromatic rings. The van der Waals surface area contributed by atoms with Gasteiger partial charge in [-0.1, -0.05) is 26.8 Å². The quantitative estimate of drug-likeness (QED) is 0.571. The van der Waals surface area contributed by atoms with Crippen LogP contribution in [0.2, 0.25) is 0 Å². The largest absolute Gasteiger partial charge is 0.354 e. The maximum absolute atomic E-state index is 13.5. The van der Waals surface area contributed by atoms with Gasteiger partial charge in [-0.3, -0.25) is 14.4 Å². The van der Waals surface area contributed by atoms with Crippen LogP contribution in [0.15, 0.2) is 23.8 Å². The number of rotatable bonds is 10. The Morgan fingerprint density at radius 3 is 2.72 bits per heavy atom. The van der Waals surface area contributed by atoms with Crippen molar-refractivity contribution >= 4 is 29.1 Å². The molecule has 0 spiro atoms. The summed E-state index contributed by atoms with van der Waals surface area (Å²) in [6, 6.07) is 4.00. The highest BCUT2D eigenvalue weighted by Gasteiger charge is 2.48. The molecule has 174 valence electrons. The van der Waals surface area contributed by atoms with E-state index < -0.39 is 5.54 Å². The second-order valence-corrected chi connectivity index (χ2v) is 9.86. The van der Waals surface area contributed by atoms with E-state index in [0.717, 1.165) is 12.8 Å². The molecular formula is C23H33N5O3S. The minimum Gasteiger partial charge on any atom is -0.354 e. The van der Waals surface area contributed by atoms with Crippen LogP contribution in [0.3, 0.4) is 0 Å². The van der Waals surface area contributed by atoms with Gasteiger partial charge in [0.2, 0.25) is 5.91 Å². The number of hydrogen-bond acceptors (Lipinski definition) is 5. The second-order valence-electron chi connectivity index (χ2n) is 8.82. The predicted octanol–water partition coefficient (Wildman–Crippen LogP) is 2.70. The Labute approximate surface area is 193 Å². The summed E-state index contributed by atoms with van der Waals surface area (Å²) in [5.74, 6) is -0.407. The van der Waals surface area contributed by atoms with E-state index in [1.54, 1.807) is 27.7 Å². The molecule has 0 radical (unpaired) electrons. The normalized spacial score (nSPS) is 18.0. The zero-order chi connectivity index (χ0) is 23.3. The molecule has 1 aliphatic heterocycles. The van der Waals surface area contributed by atoms with Crippen molar-refractivity contribution in [2.45, 2.75) is 59.0 Å². The molecule has 9 heteroatoms. The van der Waals surface area contributed by atoms with Gasteiger partial charge < -0.3 is 20.1 Å². The summed E-state index contributed by atoms with van der Waals surface area (Å²) in [6.07, 6.45) is 3.79. The van der Waals surface area contributed by atoms with Crippen LogP contribution in [-0.2, 0) is 17.8 Å². The Hall–Kier alpha value is -2.68. The van der Waals surface area contributed by atoms with Gasteiger partial charge in [0.05, 0.1) is 12.9 Å². The fourth-order valence-electron chi connectivity index (χ4n) is 3.93. The molecule has 8 nitrogen and oxygen atoms in total. The minimum atomic E-state index is -1.04. The van der Waals surface area contributed by atoms with Crippen molar-refractivity contribution in [2.24, 2.45) is 5.92 Å². The zero-order valence-electron chi connectivity index (χ0n) is 19.3. The van der Waals surface area contributed by atoms with Gasteiger partial charge in [0, 0.05) is 24.5 Å². The summed E-state index contributed by atoms with van der Waals surface area (Å²) in [4.78, 5) is 46.4. The minimum absolute atomic E-state index is 0.115. The zero-order valence-corrected chi connectivity index (χ0v) is 20.1. The number of carbonyl (C=O) groups is 3. The third kappa shape index (κ3) is 5.03. The van der Waals surface area contributed by atoms with Crippen molar-refractivity contribution in [3.05, 3.63) is 40.1 Å². The van der Waals surface area contributed by atoms with Crippen LogP contribution in [-0.4, -0.2) is 57.3 Å². The van der Waals surface area contributed by atoms with Crippen molar-refractivity contribution < 1.29 is 14.4 Å². The third-order valence-electron chi connectivity index (χ3n) is 5.76. The lowest BCUT2D eigenvalue weighted by Gasteiger charge is -2.43. The second kappa shape index (κ2) is 10.3. The van der Waals surface area contributed by atoms with Crippen molar-refractivity contribution in [3.63, 3.8) is 0 Å². The van der Waals surface area contributed by atoms with Gasteiger partial charge in [0.15, 0.2) is 5.69 Å². The van der Waals surface area contributed by atoms with E-state index in [4.69, 9.17) is 0 Å². The Morgan fingerprint density at radius 2 is 2.06 bits per heavy atom. The van der Waals surface area contributed by atoms with Crippen LogP contribution in [0.25, 0.3) is 0 Å². The summed E-state index contributed by atoms with van der Waals surface area (Å²) >= 11 is 1.64. The molecule has 1 atom stereocenters. The van der Waals surface area contributed by atoms with Crippen molar-refractivity contribution in [3.8, 4) is 0 Å². The lowest BCUT2D eigenvalue weighted by Crippen LogP contribution is -2.64. The van der Waals surface area contributed by atoms with Crippen LogP contribution >= 0.6 is 11.3 Å². The van der Waals surface area contributed by atoms with E-state index in [1.807, 2.05) is 24.4 Å². The Kier molecular flexibility index (Phi) is 7.71. The van der Waals surface area contributed by atoms with Crippen molar-refractivity contribution in [2.75, 3.05) is 19.6 Å². The van der Waals surface area contributed by atoms with E-state index >= 15 is 0 Å². The number of nitrogens with one attached hydrogen (secondary N) is 2. The lowest BCUT2D eigenvalue weighted by atomic mass is 9.93. The molecule has 1 aliphatic rings. The number of thiophene rings is 1. The van der Waals surface area contributed by atoms with E-state index in [1.165, 1.54) is 11.2 Å².